The molecule has 0 aromatic heterocycles. The average molecular weight is 217 g/mol. The van der Waals surface area contributed by atoms with Gasteiger partial charge in [0.1, 0.15) is 0 Å². The van der Waals surface area contributed by atoms with Crippen molar-refractivity contribution in [2.45, 2.75) is 32.2 Å². The van der Waals surface area contributed by atoms with Gasteiger partial charge >= 0.3 is 0 Å². The van der Waals surface area contributed by atoms with E-state index in [1.54, 1.807) is 0 Å². The molecule has 1 aromatic rings. The molecule has 0 bridgehead atoms. The van der Waals surface area contributed by atoms with Crippen LogP contribution in [0.25, 0.3) is 0 Å². The summed E-state index contributed by atoms with van der Waals surface area (Å²) < 4.78 is 0. The fourth-order valence-corrected chi connectivity index (χ4v) is 1.62. The number of benzene rings is 1. The highest BCUT2D eigenvalue weighted by atomic mass is 16.1. The SMILES string of the molecule is C=CC[C@@H](NC(=O)CCC)c1ccccc1. The Hall–Kier alpha value is -1.57. The van der Waals surface area contributed by atoms with E-state index in [4.69, 9.17) is 0 Å². The molecule has 16 heavy (non-hydrogen) atoms. The van der Waals surface area contributed by atoms with Crippen LogP contribution in [0.3, 0.4) is 0 Å². The summed E-state index contributed by atoms with van der Waals surface area (Å²) in [4.78, 5) is 11.6. The van der Waals surface area contributed by atoms with E-state index in [0.29, 0.717) is 6.42 Å². The normalized spacial score (nSPS) is 11.8. The van der Waals surface area contributed by atoms with E-state index in [9.17, 15) is 4.79 Å². The minimum Gasteiger partial charge on any atom is -0.349 e. The van der Waals surface area contributed by atoms with Crippen molar-refractivity contribution in [2.75, 3.05) is 0 Å². The van der Waals surface area contributed by atoms with Crippen molar-refractivity contribution < 1.29 is 4.79 Å². The molecule has 1 rings (SSSR count). The van der Waals surface area contributed by atoms with E-state index in [0.717, 1.165) is 18.4 Å². The number of hydrogen-bond donors (Lipinski definition) is 1. The lowest BCUT2D eigenvalue weighted by Crippen LogP contribution is -2.27. The van der Waals surface area contributed by atoms with Crippen molar-refractivity contribution in [3.05, 3.63) is 48.6 Å². The van der Waals surface area contributed by atoms with Gasteiger partial charge in [-0.25, -0.2) is 0 Å². The Morgan fingerprint density at radius 3 is 2.69 bits per heavy atom. The second-order valence-corrected chi connectivity index (χ2v) is 3.81. The van der Waals surface area contributed by atoms with Crippen LogP contribution in [0.5, 0.6) is 0 Å². The fourth-order valence-electron chi connectivity index (χ4n) is 1.62. The summed E-state index contributed by atoms with van der Waals surface area (Å²) in [6.45, 7) is 5.73. The molecule has 0 radical (unpaired) electrons. The van der Waals surface area contributed by atoms with E-state index < -0.39 is 0 Å². The van der Waals surface area contributed by atoms with Gasteiger partial charge in [-0.2, -0.15) is 0 Å². The number of rotatable bonds is 6. The molecule has 0 saturated carbocycles. The Labute approximate surface area is 97.4 Å². The van der Waals surface area contributed by atoms with Crippen LogP contribution in [0.1, 0.15) is 37.8 Å². The van der Waals surface area contributed by atoms with Gasteiger partial charge in [-0.15, -0.1) is 6.58 Å². The maximum atomic E-state index is 11.6. The summed E-state index contributed by atoms with van der Waals surface area (Å²) in [5.41, 5.74) is 1.13. The lowest BCUT2D eigenvalue weighted by molar-refractivity contribution is -0.121. The van der Waals surface area contributed by atoms with E-state index >= 15 is 0 Å². The molecule has 2 heteroatoms. The predicted molar refractivity (Wildman–Crippen MR) is 67.0 cm³/mol. The van der Waals surface area contributed by atoms with Crippen LogP contribution in [0, 0.1) is 0 Å². The molecule has 1 N–H and O–H groups in total. The zero-order valence-corrected chi connectivity index (χ0v) is 9.78. The summed E-state index contributed by atoms with van der Waals surface area (Å²) in [5, 5.41) is 3.02. The monoisotopic (exact) mass is 217 g/mol. The highest BCUT2D eigenvalue weighted by molar-refractivity contribution is 5.76. The molecule has 0 saturated heterocycles. The maximum Gasteiger partial charge on any atom is 0.220 e. The van der Waals surface area contributed by atoms with Crippen LogP contribution < -0.4 is 5.32 Å². The van der Waals surface area contributed by atoms with Gasteiger partial charge in [0.15, 0.2) is 0 Å². The van der Waals surface area contributed by atoms with Gasteiger partial charge in [0, 0.05) is 6.42 Å². The summed E-state index contributed by atoms with van der Waals surface area (Å²) in [6.07, 6.45) is 4.06. The van der Waals surface area contributed by atoms with Crippen molar-refractivity contribution in [3.63, 3.8) is 0 Å². The van der Waals surface area contributed by atoms with Crippen LogP contribution in [0.4, 0.5) is 0 Å². The molecule has 0 aliphatic rings. The molecule has 0 unspecified atom stereocenters. The molecule has 1 atom stereocenters. The van der Waals surface area contributed by atoms with Crippen LogP contribution >= 0.6 is 0 Å². The molecule has 1 aromatic carbocycles. The minimum absolute atomic E-state index is 0.0535. The average Bonchev–Trinajstić information content (AvgIpc) is 2.30. The maximum absolute atomic E-state index is 11.6. The van der Waals surface area contributed by atoms with E-state index in [1.165, 1.54) is 0 Å². The zero-order valence-electron chi connectivity index (χ0n) is 9.78. The first-order valence-corrected chi connectivity index (χ1v) is 5.73. The van der Waals surface area contributed by atoms with Crippen LogP contribution in [0.2, 0.25) is 0 Å². The molecule has 0 aliphatic carbocycles. The van der Waals surface area contributed by atoms with Crippen LogP contribution in [0.15, 0.2) is 43.0 Å². The lowest BCUT2D eigenvalue weighted by atomic mass is 10.0. The molecule has 0 aliphatic heterocycles. The molecular weight excluding hydrogens is 198 g/mol. The smallest absolute Gasteiger partial charge is 0.220 e. The number of carbonyl (C=O) groups excluding carboxylic acids is 1. The number of nitrogens with one attached hydrogen (secondary N) is 1. The Morgan fingerprint density at radius 1 is 1.44 bits per heavy atom. The highest BCUT2D eigenvalue weighted by Crippen LogP contribution is 2.16. The number of amides is 1. The topological polar surface area (TPSA) is 29.1 Å². The molecule has 1 amide bonds. The van der Waals surface area contributed by atoms with Crippen LogP contribution in [-0.4, -0.2) is 5.91 Å². The Balaban J connectivity index is 2.68. The van der Waals surface area contributed by atoms with Crippen molar-refractivity contribution in [1.29, 1.82) is 0 Å². The van der Waals surface area contributed by atoms with Gasteiger partial charge in [0.2, 0.25) is 5.91 Å². The summed E-state index contributed by atoms with van der Waals surface area (Å²) >= 11 is 0. The Morgan fingerprint density at radius 2 is 2.12 bits per heavy atom. The van der Waals surface area contributed by atoms with Gasteiger partial charge in [-0.3, -0.25) is 4.79 Å². The first-order chi connectivity index (χ1) is 7.77. The zero-order chi connectivity index (χ0) is 11.8. The molecule has 0 heterocycles. The molecule has 86 valence electrons. The number of carbonyl (C=O) groups is 1. The quantitative estimate of drug-likeness (QED) is 0.728. The largest absolute Gasteiger partial charge is 0.349 e. The third kappa shape index (κ3) is 3.89. The standard InChI is InChI=1S/C14H19NO/c1-3-8-13(15-14(16)9-4-2)12-10-6-5-7-11-12/h3,5-7,10-11,13H,1,4,8-9H2,2H3,(H,15,16)/t13-/m1/s1. The third-order valence-corrected chi connectivity index (χ3v) is 2.42. The van der Waals surface area contributed by atoms with E-state index in [1.807, 2.05) is 43.3 Å². The van der Waals surface area contributed by atoms with Crippen LogP contribution in [-0.2, 0) is 4.79 Å². The predicted octanol–water partition coefficient (Wildman–Crippen LogP) is 3.22. The lowest BCUT2D eigenvalue weighted by Gasteiger charge is -2.17. The Kier molecular flexibility index (Phi) is 5.34. The Bertz CT molecular complexity index is 332. The summed E-state index contributed by atoms with van der Waals surface area (Å²) in [5.74, 6) is 0.109. The first kappa shape index (κ1) is 12.5. The van der Waals surface area contributed by atoms with Gasteiger partial charge in [-0.1, -0.05) is 43.3 Å². The molecule has 0 fully saturated rings. The van der Waals surface area contributed by atoms with Crippen molar-refractivity contribution in [1.82, 2.24) is 5.32 Å². The van der Waals surface area contributed by atoms with E-state index in [2.05, 4.69) is 11.9 Å². The molecular formula is C14H19NO. The second kappa shape index (κ2) is 6.83. The highest BCUT2D eigenvalue weighted by Gasteiger charge is 2.11. The van der Waals surface area contributed by atoms with Crippen molar-refractivity contribution >= 4 is 5.91 Å². The van der Waals surface area contributed by atoms with Crippen molar-refractivity contribution in [2.24, 2.45) is 0 Å². The van der Waals surface area contributed by atoms with Gasteiger partial charge < -0.3 is 5.32 Å². The second-order valence-electron chi connectivity index (χ2n) is 3.81. The minimum atomic E-state index is 0.0535. The van der Waals surface area contributed by atoms with Gasteiger partial charge in [0.05, 0.1) is 6.04 Å². The number of hydrogen-bond acceptors (Lipinski definition) is 1. The summed E-state index contributed by atoms with van der Waals surface area (Å²) in [6, 6.07) is 10.1. The fraction of sp³-hybridized carbons (Fsp3) is 0.357. The first-order valence-electron chi connectivity index (χ1n) is 5.73. The van der Waals surface area contributed by atoms with Gasteiger partial charge in [0.25, 0.3) is 0 Å². The summed E-state index contributed by atoms with van der Waals surface area (Å²) in [7, 11) is 0. The molecule has 0 spiro atoms. The molecule has 2 nitrogen and oxygen atoms in total. The van der Waals surface area contributed by atoms with Crippen molar-refractivity contribution in [3.8, 4) is 0 Å². The third-order valence-electron chi connectivity index (χ3n) is 2.42. The van der Waals surface area contributed by atoms with E-state index in [-0.39, 0.29) is 11.9 Å². The van der Waals surface area contributed by atoms with Gasteiger partial charge in [-0.05, 0) is 18.4 Å².